The molecule has 0 saturated carbocycles. The molecule has 0 bridgehead atoms. The third kappa shape index (κ3) is 4.39. The van der Waals surface area contributed by atoms with E-state index in [1.165, 1.54) is 0 Å². The fraction of sp³-hybridized carbons (Fsp3) is 0.750. The maximum atomic E-state index is 5.41. The predicted molar refractivity (Wildman–Crippen MR) is 47.5 cm³/mol. The normalized spacial score (nSPS) is 9.70. The number of rotatable bonds is 2. The summed E-state index contributed by atoms with van der Waals surface area (Å²) in [6, 6.07) is 0. The topological polar surface area (TPSA) is 52.0 Å². The van der Waals surface area contributed by atoms with Crippen molar-refractivity contribution in [2.45, 2.75) is 27.7 Å². The zero-order valence-corrected chi connectivity index (χ0v) is 7.57. The third-order valence-electron chi connectivity index (χ3n) is 1.38. The lowest BCUT2D eigenvalue weighted by atomic mass is 9.91. The minimum absolute atomic E-state index is 0.0972. The lowest BCUT2D eigenvalue weighted by molar-refractivity contribution is 0.457. The van der Waals surface area contributed by atoms with E-state index in [-0.39, 0.29) is 5.41 Å². The summed E-state index contributed by atoms with van der Waals surface area (Å²) >= 11 is 0. The molecule has 0 aliphatic heterocycles. The SMILES string of the molecule is C=C(N)C(C)(C)CN.CC. The Hall–Kier alpha value is -0.500. The molecule has 0 aromatic heterocycles. The van der Waals surface area contributed by atoms with E-state index in [0.29, 0.717) is 12.2 Å². The van der Waals surface area contributed by atoms with Crippen LogP contribution in [0.25, 0.3) is 0 Å². The second kappa shape index (κ2) is 5.30. The highest BCUT2D eigenvalue weighted by Gasteiger charge is 2.15. The van der Waals surface area contributed by atoms with E-state index >= 15 is 0 Å². The van der Waals surface area contributed by atoms with Crippen molar-refractivity contribution in [2.75, 3.05) is 6.54 Å². The molecule has 0 atom stereocenters. The summed E-state index contributed by atoms with van der Waals surface area (Å²) in [5, 5.41) is 0. The lowest BCUT2D eigenvalue weighted by Crippen LogP contribution is -2.29. The van der Waals surface area contributed by atoms with Crippen LogP contribution in [0.4, 0.5) is 0 Å². The third-order valence-corrected chi connectivity index (χ3v) is 1.38. The van der Waals surface area contributed by atoms with Crippen LogP contribution < -0.4 is 11.5 Å². The molecule has 62 valence electrons. The van der Waals surface area contributed by atoms with Gasteiger partial charge in [0.15, 0.2) is 0 Å². The molecule has 0 spiro atoms. The molecule has 0 aromatic carbocycles. The first-order valence-electron chi connectivity index (χ1n) is 3.65. The Labute approximate surface area is 64.3 Å². The van der Waals surface area contributed by atoms with Gasteiger partial charge >= 0.3 is 0 Å². The van der Waals surface area contributed by atoms with Crippen LogP contribution in [0.15, 0.2) is 12.3 Å². The monoisotopic (exact) mass is 144 g/mol. The number of nitrogens with two attached hydrogens (primary N) is 2. The van der Waals surface area contributed by atoms with Gasteiger partial charge in [0.2, 0.25) is 0 Å². The van der Waals surface area contributed by atoms with Gasteiger partial charge in [0.05, 0.1) is 0 Å². The van der Waals surface area contributed by atoms with Crippen LogP contribution in [-0.4, -0.2) is 6.54 Å². The Morgan fingerprint density at radius 3 is 1.70 bits per heavy atom. The molecule has 4 N–H and O–H groups in total. The number of hydrogen-bond acceptors (Lipinski definition) is 2. The van der Waals surface area contributed by atoms with Crippen LogP contribution in [0.2, 0.25) is 0 Å². The molecule has 0 amide bonds. The first kappa shape index (κ1) is 12.2. The Balaban J connectivity index is 0. The second-order valence-electron chi connectivity index (χ2n) is 2.61. The van der Waals surface area contributed by atoms with Gasteiger partial charge in [0, 0.05) is 17.7 Å². The van der Waals surface area contributed by atoms with E-state index in [9.17, 15) is 0 Å². The van der Waals surface area contributed by atoms with Crippen LogP contribution in [0.5, 0.6) is 0 Å². The Kier molecular flexibility index (Phi) is 6.46. The molecule has 2 nitrogen and oxygen atoms in total. The predicted octanol–water partition coefficient (Wildman–Crippen LogP) is 1.47. The average molecular weight is 144 g/mol. The smallest absolute Gasteiger partial charge is 0.0158 e. The lowest BCUT2D eigenvalue weighted by Gasteiger charge is -2.21. The largest absolute Gasteiger partial charge is 0.402 e. The zero-order chi connectivity index (χ0) is 8.78. The zero-order valence-electron chi connectivity index (χ0n) is 7.57. The minimum atomic E-state index is -0.0972. The Morgan fingerprint density at radius 2 is 1.70 bits per heavy atom. The van der Waals surface area contributed by atoms with Crippen LogP contribution in [-0.2, 0) is 0 Å². The maximum absolute atomic E-state index is 5.41. The van der Waals surface area contributed by atoms with Crippen LogP contribution in [0.1, 0.15) is 27.7 Å². The molecule has 0 aliphatic carbocycles. The van der Waals surface area contributed by atoms with Crippen molar-refractivity contribution in [1.82, 2.24) is 0 Å². The summed E-state index contributed by atoms with van der Waals surface area (Å²) in [5.74, 6) is 0. The van der Waals surface area contributed by atoms with Gasteiger partial charge in [-0.1, -0.05) is 34.3 Å². The molecule has 0 rings (SSSR count). The molecule has 0 aromatic rings. The second-order valence-corrected chi connectivity index (χ2v) is 2.61. The maximum Gasteiger partial charge on any atom is 0.0158 e. The molecule has 2 heteroatoms. The summed E-state index contributed by atoms with van der Waals surface area (Å²) in [5.41, 5.74) is 11.3. The quantitative estimate of drug-likeness (QED) is 0.616. The minimum Gasteiger partial charge on any atom is -0.402 e. The molecule has 0 heterocycles. The standard InChI is InChI=1S/C6H14N2.C2H6/c1-5(8)6(2,3)4-7;1-2/h1,4,7-8H2,2-3H3;1-2H3. The van der Waals surface area contributed by atoms with Gasteiger partial charge in [-0.25, -0.2) is 0 Å². The van der Waals surface area contributed by atoms with Gasteiger partial charge in [-0.3, -0.25) is 0 Å². The van der Waals surface area contributed by atoms with Gasteiger partial charge in [0.25, 0.3) is 0 Å². The highest BCUT2D eigenvalue weighted by molar-refractivity contribution is 5.01. The van der Waals surface area contributed by atoms with Crippen molar-refractivity contribution < 1.29 is 0 Å². The summed E-state index contributed by atoms with van der Waals surface area (Å²) in [6.07, 6.45) is 0. The molecule has 0 saturated heterocycles. The van der Waals surface area contributed by atoms with Crippen molar-refractivity contribution in [3.05, 3.63) is 12.3 Å². The summed E-state index contributed by atoms with van der Waals surface area (Å²) in [7, 11) is 0. The molecular weight excluding hydrogens is 124 g/mol. The first-order chi connectivity index (χ1) is 4.50. The first-order valence-corrected chi connectivity index (χ1v) is 3.65. The highest BCUT2D eigenvalue weighted by atomic mass is 14.7. The Morgan fingerprint density at radius 1 is 1.40 bits per heavy atom. The van der Waals surface area contributed by atoms with Gasteiger partial charge in [-0.05, 0) is 0 Å². The van der Waals surface area contributed by atoms with Crippen LogP contribution in [0.3, 0.4) is 0 Å². The van der Waals surface area contributed by atoms with Crippen molar-refractivity contribution >= 4 is 0 Å². The fourth-order valence-electron chi connectivity index (χ4n) is 0.131. The van der Waals surface area contributed by atoms with E-state index in [1.807, 2.05) is 27.7 Å². The van der Waals surface area contributed by atoms with Crippen molar-refractivity contribution in [3.63, 3.8) is 0 Å². The van der Waals surface area contributed by atoms with Crippen molar-refractivity contribution in [2.24, 2.45) is 16.9 Å². The van der Waals surface area contributed by atoms with E-state index in [4.69, 9.17) is 11.5 Å². The average Bonchev–Trinajstić information content (AvgIpc) is 1.92. The molecule has 0 unspecified atom stereocenters. The van der Waals surface area contributed by atoms with Crippen LogP contribution in [0, 0.1) is 5.41 Å². The number of hydrogen-bond donors (Lipinski definition) is 2. The van der Waals surface area contributed by atoms with E-state index in [2.05, 4.69) is 6.58 Å². The van der Waals surface area contributed by atoms with Gasteiger partial charge in [-0.2, -0.15) is 0 Å². The summed E-state index contributed by atoms with van der Waals surface area (Å²) in [6.45, 7) is 12.1. The van der Waals surface area contributed by atoms with Gasteiger partial charge in [0.1, 0.15) is 0 Å². The molecule has 0 radical (unpaired) electrons. The molecule has 10 heavy (non-hydrogen) atoms. The van der Waals surface area contributed by atoms with E-state index in [0.717, 1.165) is 0 Å². The van der Waals surface area contributed by atoms with Crippen LogP contribution >= 0.6 is 0 Å². The molecule has 0 fully saturated rings. The molecular formula is C8H20N2. The van der Waals surface area contributed by atoms with Gasteiger partial charge < -0.3 is 11.5 Å². The van der Waals surface area contributed by atoms with E-state index in [1.54, 1.807) is 0 Å². The van der Waals surface area contributed by atoms with E-state index < -0.39 is 0 Å². The molecule has 0 aliphatic rings. The summed E-state index contributed by atoms with van der Waals surface area (Å²) < 4.78 is 0. The van der Waals surface area contributed by atoms with Crippen molar-refractivity contribution in [3.8, 4) is 0 Å². The van der Waals surface area contributed by atoms with Crippen molar-refractivity contribution in [1.29, 1.82) is 0 Å². The Bertz CT molecular complexity index is 95.4. The summed E-state index contributed by atoms with van der Waals surface area (Å²) in [4.78, 5) is 0. The fourth-order valence-corrected chi connectivity index (χ4v) is 0.131. The highest BCUT2D eigenvalue weighted by Crippen LogP contribution is 2.17. The van der Waals surface area contributed by atoms with Gasteiger partial charge in [-0.15, -0.1) is 0 Å².